The fraction of sp³-hybridized carbons (Fsp3) is 0.867. The first-order valence-electron chi connectivity index (χ1n) is 7.61. The highest BCUT2D eigenvalue weighted by Crippen LogP contribution is 2.32. The molecule has 114 valence electrons. The summed E-state index contributed by atoms with van der Waals surface area (Å²) in [4.78, 5) is 26.7. The summed E-state index contributed by atoms with van der Waals surface area (Å²) in [5.74, 6) is 0.249. The Morgan fingerprint density at radius 1 is 1.20 bits per heavy atom. The third-order valence-corrected chi connectivity index (χ3v) is 5.79. The fourth-order valence-electron chi connectivity index (χ4n) is 3.32. The third kappa shape index (κ3) is 2.97. The van der Waals surface area contributed by atoms with Gasteiger partial charge < -0.3 is 10.2 Å². The van der Waals surface area contributed by atoms with Crippen LogP contribution in [0.5, 0.6) is 0 Å². The molecule has 0 spiro atoms. The standard InChI is InChI=1S/C15H26N2O2S/c1-9(2)13-15(19)17(10(3)14(18)16-13)11-5-7-12(20-4)8-6-11/h9-13H,5-8H2,1-4H3,(H,16,18). The Balaban J connectivity index is 2.11. The second kappa shape index (κ2) is 6.37. The molecule has 1 heterocycles. The fourth-order valence-corrected chi connectivity index (χ4v) is 4.06. The Labute approximate surface area is 126 Å². The van der Waals surface area contributed by atoms with E-state index >= 15 is 0 Å². The molecule has 4 nitrogen and oxygen atoms in total. The number of hydrogen-bond acceptors (Lipinski definition) is 3. The lowest BCUT2D eigenvalue weighted by molar-refractivity contribution is -0.153. The van der Waals surface area contributed by atoms with Crippen molar-refractivity contribution in [1.82, 2.24) is 10.2 Å². The zero-order valence-electron chi connectivity index (χ0n) is 12.9. The van der Waals surface area contributed by atoms with Crippen LogP contribution < -0.4 is 5.32 Å². The Hall–Kier alpha value is -0.710. The number of hydrogen-bond donors (Lipinski definition) is 1. The second-order valence-corrected chi connectivity index (χ2v) is 7.46. The van der Waals surface area contributed by atoms with Gasteiger partial charge in [0.2, 0.25) is 11.8 Å². The summed E-state index contributed by atoms with van der Waals surface area (Å²) >= 11 is 1.92. The summed E-state index contributed by atoms with van der Waals surface area (Å²) in [6.45, 7) is 5.83. The number of carbonyl (C=O) groups excluding carboxylic acids is 2. The van der Waals surface area contributed by atoms with E-state index in [0.717, 1.165) is 30.9 Å². The number of nitrogens with one attached hydrogen (secondary N) is 1. The molecule has 2 rings (SSSR count). The average molecular weight is 298 g/mol. The quantitative estimate of drug-likeness (QED) is 0.867. The number of amides is 2. The van der Waals surface area contributed by atoms with Crippen LogP contribution in [0.2, 0.25) is 0 Å². The van der Waals surface area contributed by atoms with Crippen molar-refractivity contribution >= 4 is 23.6 Å². The normalized spacial score (nSPS) is 35.4. The van der Waals surface area contributed by atoms with E-state index in [9.17, 15) is 9.59 Å². The predicted molar refractivity (Wildman–Crippen MR) is 82.6 cm³/mol. The molecule has 5 heteroatoms. The molecule has 0 aromatic heterocycles. The first-order chi connectivity index (χ1) is 9.45. The Morgan fingerprint density at radius 3 is 2.30 bits per heavy atom. The Bertz CT molecular complexity index is 378. The van der Waals surface area contributed by atoms with E-state index in [-0.39, 0.29) is 35.9 Å². The summed E-state index contributed by atoms with van der Waals surface area (Å²) in [5.41, 5.74) is 0. The molecule has 1 N–H and O–H groups in total. The number of rotatable bonds is 3. The van der Waals surface area contributed by atoms with Crippen molar-refractivity contribution in [1.29, 1.82) is 0 Å². The molecular weight excluding hydrogens is 272 g/mol. The predicted octanol–water partition coefficient (Wildman–Crippen LogP) is 2.03. The molecule has 2 aliphatic rings. The molecule has 20 heavy (non-hydrogen) atoms. The lowest BCUT2D eigenvalue weighted by atomic mass is 9.89. The van der Waals surface area contributed by atoms with Gasteiger partial charge in [-0.3, -0.25) is 9.59 Å². The molecule has 0 aromatic carbocycles. The minimum atomic E-state index is -0.350. The SMILES string of the molecule is CSC1CCC(N2C(=O)C(C(C)C)NC(=O)C2C)CC1. The van der Waals surface area contributed by atoms with Crippen molar-refractivity contribution in [2.24, 2.45) is 5.92 Å². The van der Waals surface area contributed by atoms with Crippen molar-refractivity contribution in [3.05, 3.63) is 0 Å². The summed E-state index contributed by atoms with van der Waals surface area (Å²) < 4.78 is 0. The van der Waals surface area contributed by atoms with E-state index in [2.05, 4.69) is 11.6 Å². The monoisotopic (exact) mass is 298 g/mol. The smallest absolute Gasteiger partial charge is 0.246 e. The van der Waals surface area contributed by atoms with Gasteiger partial charge in [-0.25, -0.2) is 0 Å². The van der Waals surface area contributed by atoms with Crippen LogP contribution in [0, 0.1) is 5.92 Å². The maximum atomic E-state index is 12.7. The van der Waals surface area contributed by atoms with E-state index in [0.29, 0.717) is 0 Å². The van der Waals surface area contributed by atoms with Crippen LogP contribution in [0.25, 0.3) is 0 Å². The highest BCUT2D eigenvalue weighted by molar-refractivity contribution is 7.99. The van der Waals surface area contributed by atoms with Gasteiger partial charge in [-0.1, -0.05) is 13.8 Å². The minimum absolute atomic E-state index is 0.00436. The summed E-state index contributed by atoms with van der Waals surface area (Å²) in [6.07, 6.45) is 6.51. The summed E-state index contributed by atoms with van der Waals surface area (Å²) in [6, 6.07) is -0.432. The van der Waals surface area contributed by atoms with Crippen molar-refractivity contribution in [3.8, 4) is 0 Å². The Kier molecular flexibility index (Phi) is 4.99. The molecule has 0 aromatic rings. The van der Waals surface area contributed by atoms with Crippen LogP contribution in [0.1, 0.15) is 46.5 Å². The van der Waals surface area contributed by atoms with Gasteiger partial charge in [0.05, 0.1) is 0 Å². The maximum Gasteiger partial charge on any atom is 0.246 e. The highest BCUT2D eigenvalue weighted by atomic mass is 32.2. The first kappa shape index (κ1) is 15.7. The van der Waals surface area contributed by atoms with Gasteiger partial charge in [-0.2, -0.15) is 11.8 Å². The van der Waals surface area contributed by atoms with Gasteiger partial charge in [-0.05, 0) is 44.8 Å². The van der Waals surface area contributed by atoms with Gasteiger partial charge in [-0.15, -0.1) is 0 Å². The van der Waals surface area contributed by atoms with Gasteiger partial charge in [0.1, 0.15) is 12.1 Å². The van der Waals surface area contributed by atoms with E-state index < -0.39 is 0 Å². The molecule has 1 aliphatic carbocycles. The van der Waals surface area contributed by atoms with Crippen LogP contribution in [0.15, 0.2) is 0 Å². The summed E-state index contributed by atoms with van der Waals surface area (Å²) in [7, 11) is 0. The molecule has 1 saturated heterocycles. The molecule has 0 bridgehead atoms. The van der Waals surface area contributed by atoms with Crippen LogP contribution in [0.3, 0.4) is 0 Å². The van der Waals surface area contributed by atoms with Gasteiger partial charge >= 0.3 is 0 Å². The molecule has 0 radical (unpaired) electrons. The van der Waals surface area contributed by atoms with E-state index in [4.69, 9.17) is 0 Å². The Morgan fingerprint density at radius 2 is 1.80 bits per heavy atom. The van der Waals surface area contributed by atoms with Crippen molar-refractivity contribution < 1.29 is 9.59 Å². The molecule has 1 aliphatic heterocycles. The van der Waals surface area contributed by atoms with E-state index in [1.807, 2.05) is 37.4 Å². The zero-order chi connectivity index (χ0) is 14.9. The first-order valence-corrected chi connectivity index (χ1v) is 8.89. The third-order valence-electron chi connectivity index (χ3n) is 4.65. The molecule has 2 fully saturated rings. The van der Waals surface area contributed by atoms with E-state index in [1.54, 1.807) is 0 Å². The van der Waals surface area contributed by atoms with Crippen LogP contribution in [-0.2, 0) is 9.59 Å². The molecule has 2 atom stereocenters. The second-order valence-electron chi connectivity index (χ2n) is 6.32. The highest BCUT2D eigenvalue weighted by Gasteiger charge is 2.43. The van der Waals surface area contributed by atoms with Crippen LogP contribution in [-0.4, -0.2) is 46.3 Å². The lowest BCUT2D eigenvalue weighted by Gasteiger charge is -2.45. The van der Waals surface area contributed by atoms with Gasteiger partial charge in [0, 0.05) is 11.3 Å². The number of carbonyl (C=O) groups is 2. The molecule has 1 saturated carbocycles. The average Bonchev–Trinajstić information content (AvgIpc) is 2.43. The zero-order valence-corrected chi connectivity index (χ0v) is 13.7. The van der Waals surface area contributed by atoms with Crippen molar-refractivity contribution in [2.45, 2.75) is 69.8 Å². The minimum Gasteiger partial charge on any atom is -0.342 e. The van der Waals surface area contributed by atoms with Crippen molar-refractivity contribution in [2.75, 3.05) is 6.26 Å². The van der Waals surface area contributed by atoms with Crippen molar-refractivity contribution in [3.63, 3.8) is 0 Å². The maximum absolute atomic E-state index is 12.7. The topological polar surface area (TPSA) is 49.4 Å². The number of piperazine rings is 1. The lowest BCUT2D eigenvalue weighted by Crippen LogP contribution is -2.66. The molecule has 2 unspecified atom stereocenters. The van der Waals surface area contributed by atoms with Gasteiger partial charge in [0.15, 0.2) is 0 Å². The number of thioether (sulfide) groups is 1. The van der Waals surface area contributed by atoms with Crippen LogP contribution in [0.4, 0.5) is 0 Å². The van der Waals surface area contributed by atoms with Gasteiger partial charge in [0.25, 0.3) is 0 Å². The molecule has 2 amide bonds. The van der Waals surface area contributed by atoms with Crippen LogP contribution >= 0.6 is 11.8 Å². The number of nitrogens with zero attached hydrogens (tertiary/aromatic N) is 1. The summed E-state index contributed by atoms with van der Waals surface area (Å²) in [5, 5.41) is 3.59. The molecular formula is C15H26N2O2S. The van der Waals surface area contributed by atoms with E-state index in [1.165, 1.54) is 0 Å². The largest absolute Gasteiger partial charge is 0.342 e.